The van der Waals surface area contributed by atoms with Gasteiger partial charge in [0.15, 0.2) is 6.16 Å². The van der Waals surface area contributed by atoms with E-state index in [0.717, 1.165) is 31.7 Å². The third-order valence-electron chi connectivity index (χ3n) is 3.20. The summed E-state index contributed by atoms with van der Waals surface area (Å²) in [6.45, 7) is 3.13. The van der Waals surface area contributed by atoms with Crippen LogP contribution in [0.2, 0.25) is 0 Å². The number of hydrogen-bond acceptors (Lipinski definition) is 2. The zero-order valence-corrected chi connectivity index (χ0v) is 12.1. The van der Waals surface area contributed by atoms with Crippen LogP contribution in [-0.2, 0) is 4.57 Å². The molecule has 102 valence electrons. The molecule has 2 atom stereocenters. The van der Waals surface area contributed by atoms with Crippen LogP contribution in [0.5, 0.6) is 0 Å². The van der Waals surface area contributed by atoms with Gasteiger partial charge in [-0.25, -0.2) is 0 Å². The zero-order chi connectivity index (χ0) is 12.9. The van der Waals surface area contributed by atoms with Crippen molar-refractivity contribution in [3.63, 3.8) is 0 Å². The van der Waals surface area contributed by atoms with Crippen LogP contribution < -0.4 is 5.73 Å². The number of hydrogen-bond donors (Lipinski definition) is 2. The molecule has 0 aliphatic heterocycles. The molecule has 0 aromatic carbocycles. The fourth-order valence-electron chi connectivity index (χ4n) is 2.06. The highest BCUT2D eigenvalue weighted by Gasteiger charge is 2.07. The molecule has 0 fully saturated rings. The van der Waals surface area contributed by atoms with Gasteiger partial charge in [-0.3, -0.25) is 0 Å². The minimum Gasteiger partial charge on any atom is -0.330 e. The third kappa shape index (κ3) is 14.0. The Hall–Kier alpha value is 0.0200. The molecular weight excluding hydrogens is 233 g/mol. The summed E-state index contributed by atoms with van der Waals surface area (Å²) in [4.78, 5) is 8.63. The van der Waals surface area contributed by atoms with Crippen molar-refractivity contribution in [3.8, 4) is 0 Å². The maximum atomic E-state index is 10.4. The van der Waals surface area contributed by atoms with Gasteiger partial charge in [0.05, 0.1) is 0 Å². The second kappa shape index (κ2) is 12.5. The van der Waals surface area contributed by atoms with E-state index in [1.807, 2.05) is 0 Å². The fraction of sp³-hybridized carbons (Fsp3) is 1.00. The Morgan fingerprint density at radius 1 is 1.00 bits per heavy atom. The van der Waals surface area contributed by atoms with Crippen molar-refractivity contribution < 1.29 is 9.46 Å². The Labute approximate surface area is 107 Å². The number of rotatable bonds is 12. The van der Waals surface area contributed by atoms with E-state index in [1.54, 1.807) is 0 Å². The molecule has 0 heterocycles. The Kier molecular flexibility index (Phi) is 12.5. The van der Waals surface area contributed by atoms with Crippen molar-refractivity contribution in [3.05, 3.63) is 0 Å². The smallest absolute Gasteiger partial charge is 0.330 e. The maximum Gasteiger partial charge on any atom is 0.505 e. The van der Waals surface area contributed by atoms with E-state index in [9.17, 15) is 4.57 Å². The van der Waals surface area contributed by atoms with E-state index < -0.39 is 8.03 Å². The topological polar surface area (TPSA) is 63.3 Å². The predicted molar refractivity (Wildman–Crippen MR) is 74.5 cm³/mol. The maximum absolute atomic E-state index is 10.4. The molecule has 3 nitrogen and oxygen atoms in total. The molecule has 2 unspecified atom stereocenters. The van der Waals surface area contributed by atoms with E-state index in [0.29, 0.717) is 6.16 Å². The van der Waals surface area contributed by atoms with Gasteiger partial charge in [0.25, 0.3) is 0 Å². The average molecular weight is 262 g/mol. The van der Waals surface area contributed by atoms with E-state index in [4.69, 9.17) is 10.6 Å². The first-order valence-electron chi connectivity index (χ1n) is 7.00. The molecule has 0 bridgehead atoms. The normalized spacial score (nSPS) is 13.7. The van der Waals surface area contributed by atoms with Crippen LogP contribution in [0.3, 0.4) is 0 Å². The second-order valence-electron chi connectivity index (χ2n) is 5.02. The molecule has 3 N–H and O–H groups in total. The largest absolute Gasteiger partial charge is 0.505 e. The highest BCUT2D eigenvalue weighted by atomic mass is 31.1. The lowest BCUT2D eigenvalue weighted by Gasteiger charge is -2.09. The summed E-state index contributed by atoms with van der Waals surface area (Å²) in [7, 11) is -1.90. The summed E-state index contributed by atoms with van der Waals surface area (Å²) >= 11 is 0. The van der Waals surface area contributed by atoms with Crippen molar-refractivity contribution in [2.45, 2.75) is 64.7 Å². The van der Waals surface area contributed by atoms with Crippen LogP contribution in [0.15, 0.2) is 0 Å². The van der Waals surface area contributed by atoms with E-state index in [1.165, 1.54) is 38.5 Å². The van der Waals surface area contributed by atoms with Crippen LogP contribution >= 0.6 is 8.03 Å². The first kappa shape index (κ1) is 17.0. The van der Waals surface area contributed by atoms with E-state index in [-0.39, 0.29) is 0 Å². The van der Waals surface area contributed by atoms with Crippen molar-refractivity contribution >= 4 is 8.03 Å². The average Bonchev–Trinajstić information content (AvgIpc) is 2.29. The highest BCUT2D eigenvalue weighted by Crippen LogP contribution is 2.18. The molecule has 0 saturated heterocycles. The Balaban J connectivity index is 3.10. The molecule has 0 rings (SSSR count). The van der Waals surface area contributed by atoms with Gasteiger partial charge in [-0.15, -0.1) is 0 Å². The van der Waals surface area contributed by atoms with Gasteiger partial charge in [0.2, 0.25) is 0 Å². The lowest BCUT2D eigenvalue weighted by atomic mass is 9.97. The van der Waals surface area contributed by atoms with Crippen LogP contribution in [0.4, 0.5) is 0 Å². The predicted octanol–water partition coefficient (Wildman–Crippen LogP) is 3.83. The molecule has 0 amide bonds. The lowest BCUT2D eigenvalue weighted by Crippen LogP contribution is -2.02. The SMILES string of the molecule is CC(CCCN)CCCCCCCC[P+](=O)O. The summed E-state index contributed by atoms with van der Waals surface area (Å²) in [6, 6.07) is 0. The van der Waals surface area contributed by atoms with Crippen molar-refractivity contribution in [2.24, 2.45) is 11.7 Å². The quantitative estimate of drug-likeness (QED) is 0.415. The van der Waals surface area contributed by atoms with Gasteiger partial charge in [-0.1, -0.05) is 39.0 Å². The second-order valence-corrected chi connectivity index (χ2v) is 6.17. The lowest BCUT2D eigenvalue weighted by molar-refractivity contribution is 0.446. The van der Waals surface area contributed by atoms with E-state index >= 15 is 0 Å². The molecule has 0 saturated carbocycles. The van der Waals surface area contributed by atoms with Crippen molar-refractivity contribution in [2.75, 3.05) is 12.7 Å². The van der Waals surface area contributed by atoms with E-state index in [2.05, 4.69) is 6.92 Å². The van der Waals surface area contributed by atoms with Crippen LogP contribution in [0, 0.1) is 5.92 Å². The minimum absolute atomic E-state index is 0.478. The molecule has 4 heteroatoms. The zero-order valence-electron chi connectivity index (χ0n) is 11.2. The summed E-state index contributed by atoms with van der Waals surface area (Å²) < 4.78 is 10.4. The van der Waals surface area contributed by atoms with Gasteiger partial charge in [0.1, 0.15) is 0 Å². The van der Waals surface area contributed by atoms with Gasteiger partial charge in [-0.2, -0.15) is 4.89 Å². The van der Waals surface area contributed by atoms with Gasteiger partial charge < -0.3 is 5.73 Å². The standard InChI is InChI=1S/C13H28NO2P/c1-13(10-8-11-14)9-6-4-2-3-5-7-12-17(15)16/h13H,2-12,14H2,1H3/p+1. The Morgan fingerprint density at radius 3 is 2.12 bits per heavy atom. The molecular formula is C13H29NO2P+. The van der Waals surface area contributed by atoms with Gasteiger partial charge in [-0.05, 0) is 42.7 Å². The molecule has 0 aromatic rings. The van der Waals surface area contributed by atoms with Crippen molar-refractivity contribution in [1.82, 2.24) is 0 Å². The Bertz CT molecular complexity index is 188. The molecule has 0 aliphatic rings. The van der Waals surface area contributed by atoms with Crippen LogP contribution in [0.1, 0.15) is 64.7 Å². The summed E-state index contributed by atoms with van der Waals surface area (Å²) in [5.41, 5.74) is 5.48. The first-order chi connectivity index (χ1) is 8.16. The number of nitrogens with two attached hydrogens (primary N) is 1. The number of unbranched alkanes of at least 4 members (excludes halogenated alkanes) is 5. The minimum atomic E-state index is -1.90. The molecule has 0 aromatic heterocycles. The van der Waals surface area contributed by atoms with Gasteiger partial charge in [0, 0.05) is 0 Å². The Morgan fingerprint density at radius 2 is 1.53 bits per heavy atom. The monoisotopic (exact) mass is 262 g/mol. The summed E-state index contributed by atoms with van der Waals surface area (Å²) in [5.74, 6) is 0.817. The van der Waals surface area contributed by atoms with Crippen LogP contribution in [-0.4, -0.2) is 17.6 Å². The van der Waals surface area contributed by atoms with Crippen molar-refractivity contribution in [1.29, 1.82) is 0 Å². The van der Waals surface area contributed by atoms with Gasteiger partial charge >= 0.3 is 8.03 Å². The highest BCUT2D eigenvalue weighted by molar-refractivity contribution is 7.37. The molecule has 0 radical (unpaired) electrons. The summed E-state index contributed by atoms with van der Waals surface area (Å²) in [6.07, 6.45) is 11.3. The fourth-order valence-corrected chi connectivity index (χ4v) is 2.55. The first-order valence-corrected chi connectivity index (χ1v) is 8.40. The third-order valence-corrected chi connectivity index (χ3v) is 3.90. The molecule has 17 heavy (non-hydrogen) atoms. The van der Waals surface area contributed by atoms with Crippen LogP contribution in [0.25, 0.3) is 0 Å². The molecule has 0 spiro atoms. The molecule has 0 aliphatic carbocycles. The summed E-state index contributed by atoms with van der Waals surface area (Å²) in [5, 5.41) is 0.